The van der Waals surface area contributed by atoms with Gasteiger partial charge in [-0.3, -0.25) is 5.43 Å². The maximum Gasteiger partial charge on any atom is 0.156 e. The predicted molar refractivity (Wildman–Crippen MR) is 73.9 cm³/mol. The zero-order valence-corrected chi connectivity index (χ0v) is 10.7. The average Bonchev–Trinajstić information content (AvgIpc) is 2.37. The van der Waals surface area contributed by atoms with Crippen molar-refractivity contribution in [2.24, 2.45) is 5.10 Å². The lowest BCUT2D eigenvalue weighted by Gasteiger charge is -2.02. The van der Waals surface area contributed by atoms with E-state index >= 15 is 0 Å². The summed E-state index contributed by atoms with van der Waals surface area (Å²) in [6, 6.07) is 12.9. The van der Waals surface area contributed by atoms with Crippen molar-refractivity contribution < 1.29 is 4.39 Å². The first-order chi connectivity index (χ1) is 8.65. The fraction of sp³-hybridized carbons (Fsp3) is 0. The van der Waals surface area contributed by atoms with Crippen LogP contribution in [0.5, 0.6) is 0 Å². The number of hydrazone groups is 1. The molecule has 5 heteroatoms. The van der Waals surface area contributed by atoms with Gasteiger partial charge in [0.25, 0.3) is 0 Å². The maximum absolute atomic E-state index is 12.7. The zero-order chi connectivity index (χ0) is 13.0. The SMILES string of the molecule is Fc1ccc(C(Cl)=NNc2cccc(Cl)c2)cc1. The van der Waals surface area contributed by atoms with E-state index in [0.29, 0.717) is 10.6 Å². The number of rotatable bonds is 3. The average molecular weight is 283 g/mol. The Bertz CT molecular complexity index is 567. The van der Waals surface area contributed by atoms with Gasteiger partial charge in [0, 0.05) is 10.6 Å². The molecule has 0 aliphatic carbocycles. The van der Waals surface area contributed by atoms with E-state index < -0.39 is 0 Å². The Morgan fingerprint density at radius 3 is 2.50 bits per heavy atom. The smallest absolute Gasteiger partial charge is 0.156 e. The summed E-state index contributed by atoms with van der Waals surface area (Å²) in [7, 11) is 0. The first kappa shape index (κ1) is 12.9. The highest BCUT2D eigenvalue weighted by Gasteiger charge is 2.00. The van der Waals surface area contributed by atoms with Gasteiger partial charge in [-0.25, -0.2) is 4.39 Å². The second-order valence-electron chi connectivity index (χ2n) is 3.53. The minimum absolute atomic E-state index is 0.245. The minimum atomic E-state index is -0.314. The Morgan fingerprint density at radius 2 is 1.83 bits per heavy atom. The number of halogens is 3. The molecule has 0 spiro atoms. The molecule has 92 valence electrons. The number of hydrogen-bond acceptors (Lipinski definition) is 2. The summed E-state index contributed by atoms with van der Waals surface area (Å²) in [5, 5.41) is 4.84. The first-order valence-electron chi connectivity index (χ1n) is 5.16. The second kappa shape index (κ2) is 5.85. The topological polar surface area (TPSA) is 24.4 Å². The quantitative estimate of drug-likeness (QED) is 0.651. The molecule has 0 aromatic heterocycles. The van der Waals surface area contributed by atoms with Gasteiger partial charge in [-0.2, -0.15) is 5.10 Å². The molecule has 2 nitrogen and oxygen atoms in total. The third kappa shape index (κ3) is 3.45. The van der Waals surface area contributed by atoms with E-state index in [9.17, 15) is 4.39 Å². The van der Waals surface area contributed by atoms with Gasteiger partial charge >= 0.3 is 0 Å². The monoisotopic (exact) mass is 282 g/mol. The van der Waals surface area contributed by atoms with Gasteiger partial charge in [-0.15, -0.1) is 0 Å². The van der Waals surface area contributed by atoms with Crippen LogP contribution in [-0.2, 0) is 0 Å². The van der Waals surface area contributed by atoms with E-state index in [0.717, 1.165) is 5.69 Å². The Labute approximate surface area is 114 Å². The standard InChI is InChI=1S/C13H9Cl2FN2/c14-10-2-1-3-12(8-10)17-18-13(15)9-4-6-11(16)7-5-9/h1-8,17H. The minimum Gasteiger partial charge on any atom is -0.277 e. The number of benzene rings is 2. The normalized spacial score (nSPS) is 11.4. The Hall–Kier alpha value is -1.58. The van der Waals surface area contributed by atoms with Crippen LogP contribution in [0.15, 0.2) is 53.6 Å². The van der Waals surface area contributed by atoms with Crippen molar-refractivity contribution in [3.8, 4) is 0 Å². The number of nitrogens with zero attached hydrogens (tertiary/aromatic N) is 1. The van der Waals surface area contributed by atoms with E-state index in [2.05, 4.69) is 10.5 Å². The van der Waals surface area contributed by atoms with Crippen LogP contribution in [0.4, 0.5) is 10.1 Å². The second-order valence-corrected chi connectivity index (χ2v) is 4.33. The summed E-state index contributed by atoms with van der Waals surface area (Å²) in [5.74, 6) is -0.314. The Balaban J connectivity index is 2.11. The predicted octanol–water partition coefficient (Wildman–Crippen LogP) is 4.49. The largest absolute Gasteiger partial charge is 0.277 e. The molecule has 2 aromatic rings. The molecule has 0 radical (unpaired) electrons. The maximum atomic E-state index is 12.7. The highest BCUT2D eigenvalue weighted by atomic mass is 35.5. The fourth-order valence-electron chi connectivity index (χ4n) is 1.32. The summed E-state index contributed by atoms with van der Waals surface area (Å²) in [4.78, 5) is 0. The molecule has 0 aliphatic rings. The Kier molecular flexibility index (Phi) is 4.18. The van der Waals surface area contributed by atoms with Crippen LogP contribution in [-0.4, -0.2) is 5.17 Å². The Morgan fingerprint density at radius 1 is 1.11 bits per heavy atom. The molecule has 0 aliphatic heterocycles. The molecule has 18 heavy (non-hydrogen) atoms. The van der Waals surface area contributed by atoms with Crippen molar-refractivity contribution in [3.63, 3.8) is 0 Å². The van der Waals surface area contributed by atoms with Crippen molar-refractivity contribution in [2.75, 3.05) is 5.43 Å². The van der Waals surface area contributed by atoms with Crippen molar-refractivity contribution >= 4 is 34.1 Å². The van der Waals surface area contributed by atoms with E-state index in [1.165, 1.54) is 12.1 Å². The summed E-state index contributed by atoms with van der Waals surface area (Å²) in [5.41, 5.74) is 4.13. The van der Waals surface area contributed by atoms with Gasteiger partial charge in [0.2, 0.25) is 0 Å². The lowest BCUT2D eigenvalue weighted by molar-refractivity contribution is 0.628. The molecule has 0 fully saturated rings. The molecule has 1 N–H and O–H groups in total. The first-order valence-corrected chi connectivity index (χ1v) is 5.91. The van der Waals surface area contributed by atoms with E-state index in [-0.39, 0.29) is 11.0 Å². The third-order valence-electron chi connectivity index (χ3n) is 2.19. The van der Waals surface area contributed by atoms with Crippen LogP contribution in [0.1, 0.15) is 5.56 Å². The number of anilines is 1. The van der Waals surface area contributed by atoms with Gasteiger partial charge < -0.3 is 0 Å². The molecule has 0 bridgehead atoms. The summed E-state index contributed by atoms with van der Waals surface area (Å²) in [6.45, 7) is 0. The third-order valence-corrected chi connectivity index (χ3v) is 2.73. The van der Waals surface area contributed by atoms with E-state index in [1.807, 2.05) is 6.07 Å². The molecular formula is C13H9Cl2FN2. The van der Waals surface area contributed by atoms with Crippen molar-refractivity contribution in [1.82, 2.24) is 0 Å². The highest BCUT2D eigenvalue weighted by molar-refractivity contribution is 6.69. The molecule has 0 amide bonds. The lowest BCUT2D eigenvalue weighted by Crippen LogP contribution is -1.97. The summed E-state index contributed by atoms with van der Waals surface area (Å²) < 4.78 is 12.7. The number of hydrogen-bond donors (Lipinski definition) is 1. The molecule has 0 saturated heterocycles. The van der Waals surface area contributed by atoms with Crippen LogP contribution in [0, 0.1) is 5.82 Å². The van der Waals surface area contributed by atoms with Crippen molar-refractivity contribution in [2.45, 2.75) is 0 Å². The summed E-state index contributed by atoms with van der Waals surface area (Å²) in [6.07, 6.45) is 0. The van der Waals surface area contributed by atoms with Crippen LogP contribution in [0.2, 0.25) is 5.02 Å². The zero-order valence-electron chi connectivity index (χ0n) is 9.20. The van der Waals surface area contributed by atoms with Gasteiger partial charge in [-0.05, 0) is 42.5 Å². The molecule has 0 atom stereocenters. The lowest BCUT2D eigenvalue weighted by atomic mass is 10.2. The molecule has 2 aromatic carbocycles. The van der Waals surface area contributed by atoms with Crippen LogP contribution in [0.3, 0.4) is 0 Å². The summed E-state index contributed by atoms with van der Waals surface area (Å²) >= 11 is 11.8. The van der Waals surface area contributed by atoms with Gasteiger partial charge in [-0.1, -0.05) is 29.3 Å². The van der Waals surface area contributed by atoms with Gasteiger partial charge in [0.15, 0.2) is 5.17 Å². The molecule has 0 unspecified atom stereocenters. The van der Waals surface area contributed by atoms with Gasteiger partial charge in [0.05, 0.1) is 5.69 Å². The molecule has 0 saturated carbocycles. The molecular weight excluding hydrogens is 274 g/mol. The van der Waals surface area contributed by atoms with Crippen LogP contribution in [0.25, 0.3) is 0 Å². The van der Waals surface area contributed by atoms with E-state index in [1.54, 1.807) is 30.3 Å². The van der Waals surface area contributed by atoms with Crippen LogP contribution < -0.4 is 5.43 Å². The molecule has 2 rings (SSSR count). The van der Waals surface area contributed by atoms with Gasteiger partial charge in [0.1, 0.15) is 5.82 Å². The van der Waals surface area contributed by atoms with Crippen molar-refractivity contribution in [3.05, 3.63) is 64.9 Å². The van der Waals surface area contributed by atoms with E-state index in [4.69, 9.17) is 23.2 Å². The number of nitrogens with one attached hydrogen (secondary N) is 1. The molecule has 0 heterocycles. The highest BCUT2D eigenvalue weighted by Crippen LogP contribution is 2.15. The van der Waals surface area contributed by atoms with Crippen LogP contribution >= 0.6 is 23.2 Å². The van der Waals surface area contributed by atoms with Crippen molar-refractivity contribution in [1.29, 1.82) is 0 Å². The fourth-order valence-corrected chi connectivity index (χ4v) is 1.68.